The van der Waals surface area contributed by atoms with Gasteiger partial charge in [-0.3, -0.25) is 0 Å². The Morgan fingerprint density at radius 2 is 1.78 bits per heavy atom. The van der Waals surface area contributed by atoms with Crippen molar-refractivity contribution in [1.29, 1.82) is 0 Å². The number of methoxy groups -OCH3 is 1. The molecular weight excluding hydrogens is 288 g/mol. The van der Waals surface area contributed by atoms with E-state index in [9.17, 15) is 0 Å². The first kappa shape index (κ1) is 17.9. The highest BCUT2D eigenvalue weighted by molar-refractivity contribution is 5.59. The maximum absolute atomic E-state index is 5.89. The van der Waals surface area contributed by atoms with Crippen LogP contribution >= 0.6 is 0 Å². The smallest absolute Gasteiger partial charge is 0.119 e. The van der Waals surface area contributed by atoms with Crippen LogP contribution in [0.15, 0.2) is 24.0 Å². The first-order valence-corrected chi connectivity index (χ1v) is 8.91. The van der Waals surface area contributed by atoms with Crippen molar-refractivity contribution in [3.63, 3.8) is 0 Å². The van der Waals surface area contributed by atoms with Crippen LogP contribution in [0.25, 0.3) is 6.08 Å². The van der Waals surface area contributed by atoms with Gasteiger partial charge in [-0.15, -0.1) is 0 Å². The second kappa shape index (κ2) is 10.3. The second-order valence-corrected chi connectivity index (χ2v) is 6.08. The first-order valence-electron chi connectivity index (χ1n) is 8.91. The summed E-state index contributed by atoms with van der Waals surface area (Å²) in [5, 5.41) is 0. The Labute approximate surface area is 140 Å². The van der Waals surface area contributed by atoms with Crippen molar-refractivity contribution in [3.8, 4) is 5.75 Å². The Kier molecular flexibility index (Phi) is 8.02. The maximum Gasteiger partial charge on any atom is 0.119 e. The molecule has 0 saturated carbocycles. The third kappa shape index (κ3) is 6.26. The zero-order valence-electron chi connectivity index (χ0n) is 14.6. The zero-order chi connectivity index (χ0) is 16.3. The van der Waals surface area contributed by atoms with Gasteiger partial charge in [-0.1, -0.05) is 38.7 Å². The maximum atomic E-state index is 5.89. The van der Waals surface area contributed by atoms with Crippen LogP contribution in [0.5, 0.6) is 5.75 Å². The Bertz CT molecular complexity index is 494. The molecule has 128 valence electrons. The van der Waals surface area contributed by atoms with Crippen molar-refractivity contribution in [2.45, 2.75) is 51.9 Å². The first-order chi connectivity index (χ1) is 11.3. The third-order valence-electron chi connectivity index (χ3n) is 4.16. The summed E-state index contributed by atoms with van der Waals surface area (Å²) in [4.78, 5) is 0. The van der Waals surface area contributed by atoms with Crippen molar-refractivity contribution >= 4 is 6.08 Å². The van der Waals surface area contributed by atoms with Crippen LogP contribution in [0.1, 0.15) is 56.6 Å². The average Bonchev–Trinajstić information content (AvgIpc) is 2.58. The molecule has 0 heterocycles. The van der Waals surface area contributed by atoms with E-state index in [0.29, 0.717) is 13.2 Å². The van der Waals surface area contributed by atoms with E-state index in [1.165, 1.54) is 36.8 Å². The van der Waals surface area contributed by atoms with Crippen LogP contribution < -0.4 is 4.74 Å². The molecule has 0 atom stereocenters. The molecule has 1 aliphatic carbocycles. The molecule has 0 fully saturated rings. The predicted octanol–water partition coefficient (Wildman–Crippen LogP) is 4.99. The highest BCUT2D eigenvalue weighted by atomic mass is 16.5. The number of aryl methyl sites for hydroxylation is 1. The number of hydrogen-bond donors (Lipinski definition) is 0. The Hall–Kier alpha value is -1.48. The van der Waals surface area contributed by atoms with Crippen LogP contribution in [-0.4, -0.2) is 26.9 Å². The van der Waals surface area contributed by atoms with Crippen molar-refractivity contribution < 1.29 is 14.2 Å². The Balaban J connectivity index is 1.79. The monoisotopic (exact) mass is 318 g/mol. The highest BCUT2D eigenvalue weighted by Crippen LogP contribution is 2.28. The summed E-state index contributed by atoms with van der Waals surface area (Å²) in [6, 6.07) is 6.39. The zero-order valence-corrected chi connectivity index (χ0v) is 14.6. The van der Waals surface area contributed by atoms with Gasteiger partial charge < -0.3 is 14.2 Å². The van der Waals surface area contributed by atoms with E-state index in [0.717, 1.165) is 37.4 Å². The molecule has 0 saturated heterocycles. The van der Waals surface area contributed by atoms with E-state index < -0.39 is 0 Å². The Morgan fingerprint density at radius 3 is 2.61 bits per heavy atom. The molecule has 3 heteroatoms. The van der Waals surface area contributed by atoms with Crippen LogP contribution in [0.2, 0.25) is 0 Å². The number of rotatable bonds is 11. The molecule has 1 aromatic carbocycles. The van der Waals surface area contributed by atoms with Crippen molar-refractivity contribution in [2.24, 2.45) is 0 Å². The molecule has 0 N–H and O–H groups in total. The number of ether oxygens (including phenoxy) is 3. The molecule has 0 radical (unpaired) electrons. The van der Waals surface area contributed by atoms with Gasteiger partial charge >= 0.3 is 0 Å². The highest BCUT2D eigenvalue weighted by Gasteiger charge is 2.12. The summed E-state index contributed by atoms with van der Waals surface area (Å²) in [6.45, 7) is 4.32. The Morgan fingerprint density at radius 1 is 0.913 bits per heavy atom. The standard InChI is InChI=1S/C20H30O3/c1-3-4-5-6-7-12-22-19-10-8-18-16-20(23-14-13-21-2)11-9-17(18)15-19/h8,10,15-16H,3-7,9,11-14H2,1-2H3. The minimum absolute atomic E-state index is 0.622. The molecular formula is C20H30O3. The van der Waals surface area contributed by atoms with Crippen molar-refractivity contribution in [2.75, 3.05) is 26.9 Å². The van der Waals surface area contributed by atoms with E-state index in [2.05, 4.69) is 31.2 Å². The third-order valence-corrected chi connectivity index (χ3v) is 4.16. The normalized spacial score (nSPS) is 13.4. The quantitative estimate of drug-likeness (QED) is 0.538. The van der Waals surface area contributed by atoms with E-state index >= 15 is 0 Å². The molecule has 1 aliphatic rings. The van der Waals surface area contributed by atoms with Gasteiger partial charge in [0.2, 0.25) is 0 Å². The van der Waals surface area contributed by atoms with Crippen LogP contribution in [-0.2, 0) is 15.9 Å². The van der Waals surface area contributed by atoms with Gasteiger partial charge in [-0.05, 0) is 42.2 Å². The minimum Gasteiger partial charge on any atom is -0.496 e. The average molecular weight is 318 g/mol. The minimum atomic E-state index is 0.622. The molecule has 2 rings (SSSR count). The van der Waals surface area contributed by atoms with Gasteiger partial charge in [0.25, 0.3) is 0 Å². The summed E-state index contributed by atoms with van der Waals surface area (Å²) < 4.78 is 16.6. The molecule has 0 aromatic heterocycles. The predicted molar refractivity (Wildman–Crippen MR) is 94.8 cm³/mol. The summed E-state index contributed by atoms with van der Waals surface area (Å²) >= 11 is 0. The van der Waals surface area contributed by atoms with Gasteiger partial charge in [-0.25, -0.2) is 0 Å². The summed E-state index contributed by atoms with van der Waals surface area (Å²) in [7, 11) is 1.69. The number of unbranched alkanes of at least 4 members (excludes halogenated alkanes) is 4. The number of benzene rings is 1. The SMILES string of the molecule is CCCCCCCOc1ccc2c(c1)CCC(OCCOC)=C2. The summed E-state index contributed by atoms with van der Waals surface area (Å²) in [5.41, 5.74) is 2.60. The molecule has 0 unspecified atom stereocenters. The fourth-order valence-corrected chi connectivity index (χ4v) is 2.80. The topological polar surface area (TPSA) is 27.7 Å². The number of allylic oxidation sites excluding steroid dienone is 1. The number of hydrogen-bond acceptors (Lipinski definition) is 3. The van der Waals surface area contributed by atoms with Gasteiger partial charge in [-0.2, -0.15) is 0 Å². The molecule has 0 amide bonds. The van der Waals surface area contributed by atoms with Crippen LogP contribution in [0, 0.1) is 0 Å². The lowest BCUT2D eigenvalue weighted by atomic mass is 9.96. The van der Waals surface area contributed by atoms with Crippen molar-refractivity contribution in [3.05, 3.63) is 35.1 Å². The van der Waals surface area contributed by atoms with Gasteiger partial charge in [0, 0.05) is 13.5 Å². The molecule has 1 aromatic rings. The lowest BCUT2D eigenvalue weighted by Crippen LogP contribution is -2.07. The lowest BCUT2D eigenvalue weighted by Gasteiger charge is -2.18. The van der Waals surface area contributed by atoms with E-state index in [-0.39, 0.29) is 0 Å². The van der Waals surface area contributed by atoms with E-state index in [1.54, 1.807) is 7.11 Å². The van der Waals surface area contributed by atoms with Gasteiger partial charge in [0.15, 0.2) is 0 Å². The fourth-order valence-electron chi connectivity index (χ4n) is 2.80. The lowest BCUT2D eigenvalue weighted by molar-refractivity contribution is 0.107. The fraction of sp³-hybridized carbons (Fsp3) is 0.600. The van der Waals surface area contributed by atoms with Crippen LogP contribution in [0.4, 0.5) is 0 Å². The number of fused-ring (bicyclic) bond motifs is 1. The molecule has 0 spiro atoms. The van der Waals surface area contributed by atoms with Crippen molar-refractivity contribution in [1.82, 2.24) is 0 Å². The van der Waals surface area contributed by atoms with E-state index in [1.807, 2.05) is 0 Å². The van der Waals surface area contributed by atoms with Gasteiger partial charge in [0.05, 0.1) is 19.0 Å². The molecule has 0 aliphatic heterocycles. The second-order valence-electron chi connectivity index (χ2n) is 6.08. The molecule has 23 heavy (non-hydrogen) atoms. The van der Waals surface area contributed by atoms with Crippen LogP contribution in [0.3, 0.4) is 0 Å². The molecule has 3 nitrogen and oxygen atoms in total. The van der Waals surface area contributed by atoms with E-state index in [4.69, 9.17) is 14.2 Å². The summed E-state index contributed by atoms with van der Waals surface area (Å²) in [5.74, 6) is 2.05. The largest absolute Gasteiger partial charge is 0.496 e. The molecule has 0 bridgehead atoms. The summed E-state index contributed by atoms with van der Waals surface area (Å²) in [6.07, 6.45) is 10.5. The van der Waals surface area contributed by atoms with Gasteiger partial charge in [0.1, 0.15) is 12.4 Å².